The normalized spacial score (nSPS) is 24.4. The number of carbonyl (C=O) groups excluding carboxylic acids is 5. The number of nitrogens with one attached hydrogen (secondary N) is 2. The van der Waals surface area contributed by atoms with Crippen LogP contribution in [0.15, 0.2) is 0 Å². The van der Waals surface area contributed by atoms with Crippen molar-refractivity contribution in [1.82, 2.24) is 15.5 Å². The molecule has 0 spiro atoms. The average Bonchev–Trinajstić information content (AvgIpc) is 3.03. The fourth-order valence-corrected chi connectivity index (χ4v) is 5.30. The highest BCUT2D eigenvalue weighted by molar-refractivity contribution is 6.37. The van der Waals surface area contributed by atoms with Crippen molar-refractivity contribution in [1.29, 1.82) is 0 Å². The molecule has 2 aliphatic rings. The van der Waals surface area contributed by atoms with Crippen LogP contribution in [0.4, 0.5) is 4.79 Å². The van der Waals surface area contributed by atoms with E-state index in [1.54, 1.807) is 20.8 Å². The molecule has 5 atom stereocenters. The van der Waals surface area contributed by atoms with Crippen LogP contribution in [0.1, 0.15) is 82.6 Å². The molecule has 3 unspecified atom stereocenters. The Hall–Kier alpha value is -2.65. The Morgan fingerprint density at radius 1 is 0.973 bits per heavy atom. The number of hydrogen-bond acceptors (Lipinski definition) is 6. The first-order valence-electron chi connectivity index (χ1n) is 12.9. The third-order valence-corrected chi connectivity index (χ3v) is 7.23. The molecule has 0 aromatic rings. The van der Waals surface area contributed by atoms with Gasteiger partial charge in [0.1, 0.15) is 17.7 Å². The summed E-state index contributed by atoms with van der Waals surface area (Å²) in [6.45, 7) is 20.8. The van der Waals surface area contributed by atoms with Gasteiger partial charge in [-0.15, -0.1) is 0 Å². The zero-order chi connectivity index (χ0) is 28.9. The molecule has 1 aliphatic heterocycles. The van der Waals surface area contributed by atoms with Crippen molar-refractivity contribution >= 4 is 29.6 Å². The average molecular weight is 523 g/mol. The van der Waals surface area contributed by atoms with Gasteiger partial charge < -0.3 is 26.0 Å². The first-order valence-corrected chi connectivity index (χ1v) is 12.9. The molecular weight excluding hydrogens is 476 g/mol. The highest BCUT2D eigenvalue weighted by Crippen LogP contribution is 2.65. The molecule has 0 aromatic carbocycles. The molecule has 1 saturated carbocycles. The predicted octanol–water partition coefficient (Wildman–Crippen LogP) is 2.38. The summed E-state index contributed by atoms with van der Waals surface area (Å²) in [4.78, 5) is 65.9. The Labute approximate surface area is 220 Å². The Morgan fingerprint density at radius 2 is 1.51 bits per heavy atom. The number of ketones is 1. The van der Waals surface area contributed by atoms with Crippen LogP contribution in [0.3, 0.4) is 0 Å². The Morgan fingerprint density at radius 3 is 1.95 bits per heavy atom. The van der Waals surface area contributed by atoms with E-state index in [4.69, 9.17) is 10.5 Å². The van der Waals surface area contributed by atoms with Gasteiger partial charge in [0.25, 0.3) is 5.91 Å². The highest BCUT2D eigenvalue weighted by Gasteiger charge is 2.70. The van der Waals surface area contributed by atoms with E-state index in [9.17, 15) is 24.0 Å². The number of carbonyl (C=O) groups is 5. The van der Waals surface area contributed by atoms with Crippen LogP contribution >= 0.6 is 0 Å². The van der Waals surface area contributed by atoms with Gasteiger partial charge in [0.2, 0.25) is 17.6 Å². The highest BCUT2D eigenvalue weighted by atomic mass is 16.6. The molecule has 1 saturated heterocycles. The maximum atomic E-state index is 13.9. The number of nitrogens with zero attached hydrogens (tertiary/aromatic N) is 1. The molecule has 0 radical (unpaired) electrons. The van der Waals surface area contributed by atoms with E-state index in [1.165, 1.54) is 4.90 Å². The first-order chi connectivity index (χ1) is 16.5. The van der Waals surface area contributed by atoms with Crippen molar-refractivity contribution in [3.05, 3.63) is 0 Å². The number of nitrogens with two attached hydrogens (primary N) is 1. The zero-order valence-corrected chi connectivity index (χ0v) is 24.3. The van der Waals surface area contributed by atoms with Crippen molar-refractivity contribution < 1.29 is 28.7 Å². The summed E-state index contributed by atoms with van der Waals surface area (Å²) in [6, 6.07) is -2.89. The number of rotatable bonds is 7. The Kier molecular flexibility index (Phi) is 8.19. The molecule has 2 fully saturated rings. The third kappa shape index (κ3) is 7.23. The van der Waals surface area contributed by atoms with E-state index in [0.717, 1.165) is 0 Å². The SMILES string of the molecule is CC(C)(C)CC(NC(=O)[C@@H]1C2C(CN1C(=O)[C@@H](NC(=O)OC(C)(C)C)C(C)(C)C)C2(C)C)C(=O)C(N)=O. The van der Waals surface area contributed by atoms with E-state index < -0.39 is 58.7 Å². The van der Waals surface area contributed by atoms with Crippen LogP contribution in [-0.2, 0) is 23.9 Å². The second-order valence-corrected chi connectivity index (χ2v) is 14.4. The number of likely N-dealkylation sites (tertiary alicyclic amines) is 1. The van der Waals surface area contributed by atoms with E-state index in [2.05, 4.69) is 10.6 Å². The number of hydrogen-bond donors (Lipinski definition) is 3. The summed E-state index contributed by atoms with van der Waals surface area (Å²) in [6.07, 6.45) is -0.507. The van der Waals surface area contributed by atoms with Gasteiger partial charge in [-0.1, -0.05) is 55.4 Å². The van der Waals surface area contributed by atoms with Crippen molar-refractivity contribution in [2.75, 3.05) is 6.54 Å². The van der Waals surface area contributed by atoms with Crippen LogP contribution < -0.4 is 16.4 Å². The van der Waals surface area contributed by atoms with Gasteiger partial charge in [-0.3, -0.25) is 19.2 Å². The number of alkyl carbamates (subject to hydrolysis) is 1. The minimum atomic E-state index is -1.12. The van der Waals surface area contributed by atoms with E-state index in [1.807, 2.05) is 55.4 Å². The fourth-order valence-electron chi connectivity index (χ4n) is 5.30. The quantitative estimate of drug-likeness (QED) is 0.437. The molecule has 10 heteroatoms. The smallest absolute Gasteiger partial charge is 0.408 e. The van der Waals surface area contributed by atoms with Crippen molar-refractivity contribution in [2.45, 2.75) is 106 Å². The number of fused-ring (bicyclic) bond motifs is 1. The molecule has 0 bridgehead atoms. The molecule has 2 rings (SSSR count). The minimum absolute atomic E-state index is 0.0993. The van der Waals surface area contributed by atoms with Crippen LogP contribution in [0.2, 0.25) is 0 Å². The molecule has 0 aromatic heterocycles. The van der Waals surface area contributed by atoms with Gasteiger partial charge in [-0.2, -0.15) is 0 Å². The third-order valence-electron chi connectivity index (χ3n) is 7.23. The largest absolute Gasteiger partial charge is 0.444 e. The molecule has 4 N–H and O–H groups in total. The van der Waals surface area contributed by atoms with Crippen LogP contribution in [-0.4, -0.2) is 64.8 Å². The number of Topliss-reactive ketones (excluding diaryl/α,β-unsaturated/α-hetero) is 1. The van der Waals surface area contributed by atoms with E-state index >= 15 is 0 Å². The van der Waals surface area contributed by atoms with Gasteiger partial charge >= 0.3 is 6.09 Å². The maximum absolute atomic E-state index is 13.9. The van der Waals surface area contributed by atoms with Gasteiger partial charge in [-0.05, 0) is 55.3 Å². The molecular formula is C27H46N4O6. The van der Waals surface area contributed by atoms with Gasteiger partial charge in [0.05, 0.1) is 6.04 Å². The number of amides is 4. The molecule has 1 heterocycles. The summed E-state index contributed by atoms with van der Waals surface area (Å²) in [5.74, 6) is -2.90. The van der Waals surface area contributed by atoms with Crippen LogP contribution in [0.25, 0.3) is 0 Å². The summed E-state index contributed by atoms with van der Waals surface area (Å²) in [7, 11) is 0. The monoisotopic (exact) mass is 522 g/mol. The second-order valence-electron chi connectivity index (χ2n) is 14.4. The Bertz CT molecular complexity index is 953. The van der Waals surface area contributed by atoms with Gasteiger partial charge in [0.15, 0.2) is 0 Å². The zero-order valence-electron chi connectivity index (χ0n) is 24.3. The number of primary amides is 1. The molecule has 4 amide bonds. The summed E-state index contributed by atoms with van der Waals surface area (Å²) in [5.41, 5.74) is 3.31. The van der Waals surface area contributed by atoms with Crippen molar-refractivity contribution in [3.8, 4) is 0 Å². The van der Waals surface area contributed by atoms with E-state index in [-0.39, 0.29) is 29.1 Å². The van der Waals surface area contributed by atoms with Crippen molar-refractivity contribution in [3.63, 3.8) is 0 Å². The topological polar surface area (TPSA) is 148 Å². The first kappa shape index (κ1) is 30.6. The fraction of sp³-hybridized carbons (Fsp3) is 0.815. The minimum Gasteiger partial charge on any atom is -0.444 e. The lowest BCUT2D eigenvalue weighted by Gasteiger charge is -2.38. The summed E-state index contributed by atoms with van der Waals surface area (Å²) in [5, 5.41) is 5.44. The van der Waals surface area contributed by atoms with Crippen LogP contribution in [0, 0.1) is 28.1 Å². The molecule has 37 heavy (non-hydrogen) atoms. The standard InChI is InChI=1S/C27H46N4O6/c1-24(2,3)12-15(18(32)20(28)33)29-21(34)17-16-14(27(16,10)11)13-31(17)22(35)19(25(4,5)6)30-23(36)37-26(7,8)9/h14-17,19H,12-13H2,1-11H3,(H2,28,33)(H,29,34)(H,30,36)/t14?,15?,16?,17-,19+/m0/s1. The Balaban J connectivity index is 2.35. The second kappa shape index (κ2) is 9.91. The molecule has 1 aliphatic carbocycles. The molecule has 10 nitrogen and oxygen atoms in total. The number of ether oxygens (including phenoxy) is 1. The lowest BCUT2D eigenvalue weighted by Crippen LogP contribution is -2.61. The lowest BCUT2D eigenvalue weighted by molar-refractivity contribution is -0.145. The van der Waals surface area contributed by atoms with E-state index in [0.29, 0.717) is 6.54 Å². The van der Waals surface area contributed by atoms with Gasteiger partial charge in [-0.25, -0.2) is 4.79 Å². The lowest BCUT2D eigenvalue weighted by atomic mass is 9.85. The number of piperidine rings is 1. The maximum Gasteiger partial charge on any atom is 0.408 e. The summed E-state index contributed by atoms with van der Waals surface area (Å²) < 4.78 is 5.38. The predicted molar refractivity (Wildman–Crippen MR) is 139 cm³/mol. The van der Waals surface area contributed by atoms with Crippen LogP contribution in [0.5, 0.6) is 0 Å². The van der Waals surface area contributed by atoms with Gasteiger partial charge in [0, 0.05) is 6.54 Å². The molecule has 210 valence electrons. The summed E-state index contributed by atoms with van der Waals surface area (Å²) >= 11 is 0. The van der Waals surface area contributed by atoms with Crippen molar-refractivity contribution in [2.24, 2.45) is 33.8 Å².